The first-order chi connectivity index (χ1) is 14.0. The van der Waals surface area contributed by atoms with Crippen LogP contribution in [0.3, 0.4) is 0 Å². The van der Waals surface area contributed by atoms with Crippen molar-refractivity contribution in [3.8, 4) is 11.5 Å². The van der Waals surface area contributed by atoms with Crippen molar-refractivity contribution in [2.45, 2.75) is 19.4 Å². The summed E-state index contributed by atoms with van der Waals surface area (Å²) in [4.78, 5) is 28.7. The van der Waals surface area contributed by atoms with E-state index in [1.807, 2.05) is 19.1 Å². The first-order valence-corrected chi connectivity index (χ1v) is 9.68. The van der Waals surface area contributed by atoms with Crippen LogP contribution in [0.1, 0.15) is 34.8 Å². The van der Waals surface area contributed by atoms with Crippen molar-refractivity contribution in [2.24, 2.45) is 0 Å². The smallest absolute Gasteiger partial charge is 0.293 e. The molecule has 2 heterocycles. The number of benzene rings is 1. The molecule has 1 unspecified atom stereocenters. The van der Waals surface area contributed by atoms with Gasteiger partial charge in [-0.15, -0.1) is 11.3 Å². The summed E-state index contributed by atoms with van der Waals surface area (Å²) in [5, 5.41) is 7.71. The van der Waals surface area contributed by atoms with Crippen LogP contribution in [0.15, 0.2) is 46.4 Å². The van der Waals surface area contributed by atoms with E-state index in [9.17, 15) is 9.59 Å². The largest absolute Gasteiger partial charge is 0.497 e. The topological polar surface area (TPSA) is 103 Å². The number of aromatic nitrogens is 1. The van der Waals surface area contributed by atoms with Crippen LogP contribution in [-0.2, 0) is 11.2 Å². The highest BCUT2D eigenvalue weighted by Crippen LogP contribution is 2.29. The molecule has 9 heteroatoms. The summed E-state index contributed by atoms with van der Waals surface area (Å²) in [6.07, 6.45) is 1.52. The molecule has 0 aliphatic rings. The summed E-state index contributed by atoms with van der Waals surface area (Å²) in [6.45, 7) is 1.87. The molecule has 2 N–H and O–H groups in total. The first-order valence-electron chi connectivity index (χ1n) is 8.80. The van der Waals surface area contributed by atoms with E-state index in [4.69, 9.17) is 13.9 Å². The van der Waals surface area contributed by atoms with Gasteiger partial charge in [-0.2, -0.15) is 0 Å². The molecule has 0 fully saturated rings. The van der Waals surface area contributed by atoms with E-state index in [0.717, 1.165) is 5.56 Å². The number of thiazole rings is 1. The Balaban J connectivity index is 1.58. The fraction of sp³-hybridized carbons (Fsp3) is 0.250. The Hall–Kier alpha value is -3.33. The molecule has 0 bridgehead atoms. The Kier molecular flexibility index (Phi) is 6.50. The molecule has 8 nitrogen and oxygen atoms in total. The summed E-state index contributed by atoms with van der Waals surface area (Å²) in [5.74, 6) is 0.927. The number of amides is 2. The Morgan fingerprint density at radius 2 is 2.07 bits per heavy atom. The highest BCUT2D eigenvalue weighted by molar-refractivity contribution is 7.14. The lowest BCUT2D eigenvalue weighted by atomic mass is 10.1. The summed E-state index contributed by atoms with van der Waals surface area (Å²) >= 11 is 1.24. The number of nitrogens with one attached hydrogen (secondary N) is 2. The van der Waals surface area contributed by atoms with Gasteiger partial charge in [-0.1, -0.05) is 0 Å². The van der Waals surface area contributed by atoms with Gasteiger partial charge in [0.15, 0.2) is 10.9 Å². The van der Waals surface area contributed by atoms with E-state index < -0.39 is 0 Å². The molecule has 1 atom stereocenters. The molecule has 152 valence electrons. The first kappa shape index (κ1) is 20.4. The zero-order valence-electron chi connectivity index (χ0n) is 16.2. The predicted octanol–water partition coefficient (Wildman–Crippen LogP) is 3.43. The number of anilines is 1. The molecule has 0 saturated carbocycles. The lowest BCUT2D eigenvalue weighted by Crippen LogP contribution is -2.28. The third-order valence-electron chi connectivity index (χ3n) is 4.14. The zero-order valence-corrected chi connectivity index (χ0v) is 17.0. The van der Waals surface area contributed by atoms with Gasteiger partial charge >= 0.3 is 0 Å². The van der Waals surface area contributed by atoms with Crippen molar-refractivity contribution < 1.29 is 23.5 Å². The van der Waals surface area contributed by atoms with Crippen molar-refractivity contribution in [1.29, 1.82) is 0 Å². The third-order valence-corrected chi connectivity index (χ3v) is 4.95. The molecular formula is C20H21N3O5S. The molecule has 0 spiro atoms. The van der Waals surface area contributed by atoms with Crippen LogP contribution in [0.5, 0.6) is 11.5 Å². The monoisotopic (exact) mass is 415 g/mol. The molecule has 3 rings (SSSR count). The lowest BCUT2D eigenvalue weighted by molar-refractivity contribution is -0.121. The van der Waals surface area contributed by atoms with Gasteiger partial charge in [0.05, 0.1) is 38.6 Å². The predicted molar refractivity (Wildman–Crippen MR) is 109 cm³/mol. The fourth-order valence-electron chi connectivity index (χ4n) is 2.72. The summed E-state index contributed by atoms with van der Waals surface area (Å²) < 4.78 is 15.6. The SMILES string of the molecule is COc1ccc(C(C)NC(=O)Cc2csc(NC(=O)c3ccco3)n2)c(OC)c1. The van der Waals surface area contributed by atoms with Gasteiger partial charge in [-0.25, -0.2) is 4.98 Å². The second-order valence-corrected chi connectivity index (χ2v) is 7.01. The summed E-state index contributed by atoms with van der Waals surface area (Å²) in [6, 6.07) is 8.37. The maximum Gasteiger partial charge on any atom is 0.293 e. The van der Waals surface area contributed by atoms with Gasteiger partial charge in [0.1, 0.15) is 11.5 Å². The average molecular weight is 415 g/mol. The number of methoxy groups -OCH3 is 2. The number of furan rings is 1. The van der Waals surface area contributed by atoms with Gasteiger partial charge in [0.2, 0.25) is 5.91 Å². The summed E-state index contributed by atoms with van der Waals surface area (Å²) in [7, 11) is 3.15. The quantitative estimate of drug-likeness (QED) is 0.584. The van der Waals surface area contributed by atoms with Crippen LogP contribution in [0.25, 0.3) is 0 Å². The van der Waals surface area contributed by atoms with Crippen LogP contribution in [-0.4, -0.2) is 31.0 Å². The molecular weight excluding hydrogens is 394 g/mol. The standard InChI is InChI=1S/C20H21N3O5S/c1-12(15-7-6-14(26-2)10-17(15)27-3)21-18(24)9-13-11-29-20(22-13)23-19(25)16-5-4-8-28-16/h4-8,10-12H,9H2,1-3H3,(H,21,24)(H,22,23,25). The fourth-order valence-corrected chi connectivity index (χ4v) is 3.43. The van der Waals surface area contributed by atoms with E-state index in [2.05, 4.69) is 15.6 Å². The molecule has 0 aliphatic heterocycles. The van der Waals surface area contributed by atoms with Crippen LogP contribution >= 0.6 is 11.3 Å². The maximum absolute atomic E-state index is 12.4. The van der Waals surface area contributed by atoms with Crippen LogP contribution in [0.2, 0.25) is 0 Å². The zero-order chi connectivity index (χ0) is 20.8. The number of hydrogen-bond acceptors (Lipinski definition) is 7. The number of carbonyl (C=O) groups excluding carboxylic acids is 2. The van der Waals surface area contributed by atoms with Crippen LogP contribution in [0, 0.1) is 0 Å². The number of rotatable bonds is 8. The minimum absolute atomic E-state index is 0.0932. The number of ether oxygens (including phenoxy) is 2. The molecule has 29 heavy (non-hydrogen) atoms. The molecule has 0 radical (unpaired) electrons. The molecule has 0 aliphatic carbocycles. The molecule has 1 aromatic carbocycles. The Labute approximate surface area is 171 Å². The number of nitrogens with zero attached hydrogens (tertiary/aromatic N) is 1. The number of hydrogen-bond donors (Lipinski definition) is 2. The Morgan fingerprint density at radius 1 is 1.24 bits per heavy atom. The van der Waals surface area contributed by atoms with Crippen LogP contribution in [0.4, 0.5) is 5.13 Å². The molecule has 3 aromatic rings. The minimum atomic E-state index is -0.388. The molecule has 2 aromatic heterocycles. The third kappa shape index (κ3) is 5.14. The minimum Gasteiger partial charge on any atom is -0.497 e. The average Bonchev–Trinajstić information content (AvgIpc) is 3.39. The maximum atomic E-state index is 12.4. The second kappa shape index (κ2) is 9.24. The van der Waals surface area contributed by atoms with E-state index in [1.165, 1.54) is 17.6 Å². The normalized spacial score (nSPS) is 11.6. The van der Waals surface area contributed by atoms with Crippen molar-refractivity contribution in [3.05, 3.63) is 59.0 Å². The van der Waals surface area contributed by atoms with Gasteiger partial charge in [0.25, 0.3) is 5.91 Å². The highest BCUT2D eigenvalue weighted by atomic mass is 32.1. The van der Waals surface area contributed by atoms with Crippen molar-refractivity contribution in [3.63, 3.8) is 0 Å². The van der Waals surface area contributed by atoms with Crippen LogP contribution < -0.4 is 20.1 Å². The van der Waals surface area contributed by atoms with Gasteiger partial charge in [0, 0.05) is 17.0 Å². The summed E-state index contributed by atoms with van der Waals surface area (Å²) in [5.41, 5.74) is 1.41. The van der Waals surface area contributed by atoms with Crippen molar-refractivity contribution >= 4 is 28.3 Å². The number of carbonyl (C=O) groups is 2. The van der Waals surface area contributed by atoms with E-state index in [0.29, 0.717) is 22.3 Å². The lowest BCUT2D eigenvalue weighted by Gasteiger charge is -2.18. The Bertz CT molecular complexity index is 984. The highest BCUT2D eigenvalue weighted by Gasteiger charge is 2.17. The molecule has 2 amide bonds. The second-order valence-electron chi connectivity index (χ2n) is 6.15. The van der Waals surface area contributed by atoms with E-state index in [1.54, 1.807) is 37.8 Å². The van der Waals surface area contributed by atoms with Gasteiger partial charge in [-0.05, 0) is 31.2 Å². The Morgan fingerprint density at radius 3 is 2.76 bits per heavy atom. The van der Waals surface area contributed by atoms with E-state index in [-0.39, 0.29) is 30.0 Å². The van der Waals surface area contributed by atoms with Gasteiger partial charge < -0.3 is 19.2 Å². The van der Waals surface area contributed by atoms with Crippen molar-refractivity contribution in [1.82, 2.24) is 10.3 Å². The van der Waals surface area contributed by atoms with Gasteiger partial charge in [-0.3, -0.25) is 14.9 Å². The molecule has 0 saturated heterocycles. The van der Waals surface area contributed by atoms with Crippen molar-refractivity contribution in [2.75, 3.05) is 19.5 Å². The van der Waals surface area contributed by atoms with E-state index >= 15 is 0 Å².